The van der Waals surface area contributed by atoms with E-state index in [1.54, 1.807) is 0 Å². The van der Waals surface area contributed by atoms with E-state index in [1.165, 1.54) is 0 Å². The molecule has 0 atom stereocenters. The Bertz CT molecular complexity index is 484. The third-order valence-electron chi connectivity index (χ3n) is 3.57. The van der Waals surface area contributed by atoms with E-state index in [1.807, 2.05) is 0 Å². The fourth-order valence-corrected chi connectivity index (χ4v) is 2.09. The van der Waals surface area contributed by atoms with E-state index in [0.29, 0.717) is 12.6 Å². The van der Waals surface area contributed by atoms with Crippen LogP contribution in [0.1, 0.15) is 36.5 Å². The molecule has 3 N–H and O–H groups in total. The first-order chi connectivity index (χ1) is 8.41. The van der Waals surface area contributed by atoms with Crippen molar-refractivity contribution in [2.45, 2.75) is 26.2 Å². The Morgan fingerprint density at radius 3 is 2.61 bits per heavy atom. The molecule has 18 heavy (non-hydrogen) atoms. The number of rotatable bonds is 3. The molecule has 1 saturated carbocycles. The van der Waals surface area contributed by atoms with Crippen LogP contribution in [0.15, 0.2) is 12.1 Å². The van der Waals surface area contributed by atoms with Crippen molar-refractivity contribution in [3.05, 3.63) is 29.3 Å². The molecular weight excluding hydrogens is 238 g/mol. The average molecular weight is 254 g/mol. The summed E-state index contributed by atoms with van der Waals surface area (Å²) >= 11 is 0. The van der Waals surface area contributed by atoms with Gasteiger partial charge in [0, 0.05) is 12.6 Å². The van der Waals surface area contributed by atoms with Crippen LogP contribution in [0.5, 0.6) is 0 Å². The van der Waals surface area contributed by atoms with Gasteiger partial charge in [-0.3, -0.25) is 4.79 Å². The molecular formula is C13H16F2N2O. The third-order valence-corrected chi connectivity index (χ3v) is 3.57. The number of hydrogen-bond donors (Lipinski definition) is 2. The molecule has 5 heteroatoms. The maximum atomic E-state index is 13.4. The highest BCUT2D eigenvalue weighted by atomic mass is 19.1. The number of carbonyl (C=O) groups excluding carboxylic acids is 1. The van der Waals surface area contributed by atoms with Gasteiger partial charge in [-0.2, -0.15) is 0 Å². The molecule has 1 aliphatic carbocycles. The van der Waals surface area contributed by atoms with Gasteiger partial charge in [-0.15, -0.1) is 0 Å². The second-order valence-corrected chi connectivity index (χ2v) is 5.20. The van der Waals surface area contributed by atoms with Gasteiger partial charge in [0.05, 0.1) is 11.3 Å². The molecule has 0 aliphatic heterocycles. The summed E-state index contributed by atoms with van der Waals surface area (Å²) in [4.78, 5) is 11.8. The first-order valence-corrected chi connectivity index (χ1v) is 5.94. The predicted molar refractivity (Wildman–Crippen MR) is 65.1 cm³/mol. The van der Waals surface area contributed by atoms with Crippen LogP contribution in [0.4, 0.5) is 14.5 Å². The van der Waals surface area contributed by atoms with Gasteiger partial charge in [0.25, 0.3) is 5.91 Å². The van der Waals surface area contributed by atoms with Crippen molar-refractivity contribution < 1.29 is 13.6 Å². The smallest absolute Gasteiger partial charge is 0.254 e. The zero-order chi connectivity index (χ0) is 13.3. The van der Waals surface area contributed by atoms with E-state index in [-0.39, 0.29) is 16.7 Å². The van der Waals surface area contributed by atoms with Crippen LogP contribution in [-0.4, -0.2) is 12.5 Å². The highest BCUT2D eigenvalue weighted by Crippen LogP contribution is 2.39. The zero-order valence-corrected chi connectivity index (χ0v) is 10.2. The summed E-state index contributed by atoms with van der Waals surface area (Å²) in [7, 11) is 0. The van der Waals surface area contributed by atoms with Crippen molar-refractivity contribution in [2.75, 3.05) is 12.3 Å². The Morgan fingerprint density at radius 2 is 2.06 bits per heavy atom. The number of carbonyl (C=O) groups is 1. The van der Waals surface area contributed by atoms with Gasteiger partial charge in [0.2, 0.25) is 0 Å². The largest absolute Gasteiger partial charge is 0.396 e. The van der Waals surface area contributed by atoms with Crippen LogP contribution in [0.2, 0.25) is 0 Å². The first-order valence-electron chi connectivity index (χ1n) is 5.94. The molecule has 0 bridgehead atoms. The van der Waals surface area contributed by atoms with Crippen molar-refractivity contribution in [3.63, 3.8) is 0 Å². The van der Waals surface area contributed by atoms with E-state index in [0.717, 1.165) is 25.3 Å². The minimum Gasteiger partial charge on any atom is -0.396 e. The molecule has 0 saturated heterocycles. The molecule has 1 fully saturated rings. The fraction of sp³-hybridized carbons (Fsp3) is 0.462. The normalized spacial score (nSPS) is 17.1. The van der Waals surface area contributed by atoms with Crippen molar-refractivity contribution in [1.29, 1.82) is 0 Å². The lowest BCUT2D eigenvalue weighted by Gasteiger charge is -2.38. The third kappa shape index (κ3) is 2.44. The lowest BCUT2D eigenvalue weighted by Crippen LogP contribution is -2.40. The Kier molecular flexibility index (Phi) is 3.24. The second-order valence-electron chi connectivity index (χ2n) is 5.20. The van der Waals surface area contributed by atoms with Gasteiger partial charge < -0.3 is 11.1 Å². The summed E-state index contributed by atoms with van der Waals surface area (Å²) in [6.45, 7) is 2.58. The summed E-state index contributed by atoms with van der Waals surface area (Å²) < 4.78 is 26.4. The van der Waals surface area contributed by atoms with Crippen LogP contribution in [0, 0.1) is 17.0 Å². The van der Waals surface area contributed by atoms with Crippen molar-refractivity contribution in [1.82, 2.24) is 5.32 Å². The molecule has 0 heterocycles. The number of benzene rings is 1. The van der Waals surface area contributed by atoms with E-state index >= 15 is 0 Å². The molecule has 3 nitrogen and oxygen atoms in total. The van der Waals surface area contributed by atoms with E-state index in [4.69, 9.17) is 5.73 Å². The summed E-state index contributed by atoms with van der Waals surface area (Å²) in [5.74, 6) is -2.29. The average Bonchev–Trinajstić information content (AvgIpc) is 2.28. The molecule has 1 aromatic rings. The molecule has 98 valence electrons. The van der Waals surface area contributed by atoms with Crippen molar-refractivity contribution in [3.8, 4) is 0 Å². The minimum absolute atomic E-state index is 0.109. The highest BCUT2D eigenvalue weighted by molar-refractivity contribution is 5.95. The molecule has 0 spiro atoms. The van der Waals surface area contributed by atoms with Crippen molar-refractivity contribution in [2.24, 2.45) is 5.41 Å². The number of halogens is 2. The number of nitrogen functional groups attached to an aromatic ring is 1. The van der Waals surface area contributed by atoms with Crippen LogP contribution in [-0.2, 0) is 0 Å². The topological polar surface area (TPSA) is 55.1 Å². The molecule has 0 aromatic heterocycles. The number of anilines is 1. The predicted octanol–water partition coefficient (Wildman–Crippen LogP) is 2.47. The Hall–Kier alpha value is -1.65. The maximum absolute atomic E-state index is 13.4. The standard InChI is InChI=1S/C13H16F2N2O/c1-13(3-2-4-13)7-17-12(18)8-5-11(16)10(15)6-9(8)14/h5-6H,2-4,7,16H2,1H3,(H,17,18). The molecule has 0 unspecified atom stereocenters. The minimum atomic E-state index is -0.891. The molecule has 2 rings (SSSR count). The fourth-order valence-electron chi connectivity index (χ4n) is 2.09. The van der Waals surface area contributed by atoms with Gasteiger partial charge in [0.1, 0.15) is 11.6 Å². The summed E-state index contributed by atoms with van der Waals surface area (Å²) in [6, 6.07) is 1.67. The number of nitrogens with one attached hydrogen (secondary N) is 1. The Labute approximate surface area is 104 Å². The first kappa shape index (κ1) is 12.8. The number of nitrogens with two attached hydrogens (primary N) is 1. The zero-order valence-electron chi connectivity index (χ0n) is 10.2. The number of hydrogen-bond acceptors (Lipinski definition) is 2. The Balaban J connectivity index is 2.06. The quantitative estimate of drug-likeness (QED) is 0.814. The van der Waals surface area contributed by atoms with Gasteiger partial charge in [-0.05, 0) is 24.3 Å². The van der Waals surface area contributed by atoms with Gasteiger partial charge >= 0.3 is 0 Å². The number of amides is 1. The van der Waals surface area contributed by atoms with Gasteiger partial charge in [-0.1, -0.05) is 13.3 Å². The van der Waals surface area contributed by atoms with E-state index in [9.17, 15) is 13.6 Å². The maximum Gasteiger partial charge on any atom is 0.254 e. The lowest BCUT2D eigenvalue weighted by molar-refractivity contribution is 0.0887. The van der Waals surface area contributed by atoms with Crippen molar-refractivity contribution >= 4 is 11.6 Å². The van der Waals surface area contributed by atoms with Crippen LogP contribution >= 0.6 is 0 Å². The molecule has 1 aromatic carbocycles. The Morgan fingerprint density at radius 1 is 1.39 bits per heavy atom. The van der Waals surface area contributed by atoms with Crippen LogP contribution in [0.3, 0.4) is 0 Å². The SMILES string of the molecule is CC1(CNC(=O)c2cc(N)c(F)cc2F)CCC1. The van der Waals surface area contributed by atoms with Crippen LogP contribution < -0.4 is 11.1 Å². The lowest BCUT2D eigenvalue weighted by atomic mass is 9.70. The summed E-state index contributed by atoms with van der Waals surface area (Å²) in [6.07, 6.45) is 3.27. The van der Waals surface area contributed by atoms with Gasteiger partial charge in [-0.25, -0.2) is 8.78 Å². The molecule has 1 amide bonds. The molecule has 0 radical (unpaired) electrons. The summed E-state index contributed by atoms with van der Waals surface area (Å²) in [5, 5.41) is 2.67. The van der Waals surface area contributed by atoms with Crippen LogP contribution in [0.25, 0.3) is 0 Å². The molecule has 1 aliphatic rings. The second kappa shape index (κ2) is 4.55. The van der Waals surface area contributed by atoms with E-state index < -0.39 is 17.5 Å². The van der Waals surface area contributed by atoms with Gasteiger partial charge in [0.15, 0.2) is 0 Å². The highest BCUT2D eigenvalue weighted by Gasteiger charge is 2.32. The summed E-state index contributed by atoms with van der Waals surface area (Å²) in [5.41, 5.74) is 5.00. The van der Waals surface area contributed by atoms with E-state index in [2.05, 4.69) is 12.2 Å². The monoisotopic (exact) mass is 254 g/mol.